The summed E-state index contributed by atoms with van der Waals surface area (Å²) in [4.78, 5) is 18.2. The maximum atomic E-state index is 10.5. The van der Waals surface area contributed by atoms with Gasteiger partial charge in [0.15, 0.2) is 0 Å². The van der Waals surface area contributed by atoms with Crippen LogP contribution in [-0.4, -0.2) is 16.3 Å². The zero-order valence-electron chi connectivity index (χ0n) is 8.11. The van der Waals surface area contributed by atoms with Crippen LogP contribution in [0.4, 0.5) is 0 Å². The first kappa shape index (κ1) is 4.98. The average Bonchev–Trinajstić information content (AvgIpc) is 2.19. The topological polar surface area (TPSA) is 42.9 Å². The van der Waals surface area contributed by atoms with Gasteiger partial charge in [0.25, 0.3) is 0 Å². The van der Waals surface area contributed by atoms with Gasteiger partial charge in [0.1, 0.15) is 6.29 Å². The number of fused-ring (bicyclic) bond motifs is 1. The summed E-state index contributed by atoms with van der Waals surface area (Å²) in [5, 5.41) is 0. The predicted molar refractivity (Wildman–Crippen MR) is 44.9 cm³/mol. The lowest BCUT2D eigenvalue weighted by atomic mass is 10.2. The molecular formula is C9H6N2O. The number of hydrogen-bond acceptors (Lipinski definition) is 3. The Kier molecular flexibility index (Phi) is 1.12. The van der Waals surface area contributed by atoms with Crippen LogP contribution in [0.15, 0.2) is 30.5 Å². The molecule has 0 N–H and O–H groups in total. The zero-order valence-corrected chi connectivity index (χ0v) is 6.11. The molecule has 0 unspecified atom stereocenters. The third-order valence-electron chi connectivity index (χ3n) is 1.54. The summed E-state index contributed by atoms with van der Waals surface area (Å²) < 4.78 is 14.5. The molecule has 0 bridgehead atoms. The molecular weight excluding hydrogens is 152 g/mol. The molecule has 0 radical (unpaired) electrons. The van der Waals surface area contributed by atoms with Gasteiger partial charge in [-0.25, -0.2) is 0 Å². The lowest BCUT2D eigenvalue weighted by Gasteiger charge is -1.94. The quantitative estimate of drug-likeness (QED) is 0.593. The van der Waals surface area contributed by atoms with E-state index in [4.69, 9.17) is 2.74 Å². The van der Waals surface area contributed by atoms with Crippen molar-refractivity contribution in [3.63, 3.8) is 0 Å². The standard InChI is InChI=1S/C9H6N2O/c12-6-7-1-2-8-9(5-7)11-4-3-10-8/h1-6H/i3D,4D. The molecule has 2 rings (SSSR count). The molecule has 0 amide bonds. The van der Waals surface area contributed by atoms with Crippen LogP contribution in [0.3, 0.4) is 0 Å². The van der Waals surface area contributed by atoms with E-state index in [1.165, 1.54) is 0 Å². The van der Waals surface area contributed by atoms with Gasteiger partial charge >= 0.3 is 0 Å². The Morgan fingerprint density at radius 3 is 2.75 bits per heavy atom. The SMILES string of the molecule is [2H]c1nc2ccc(C=O)cc2nc1[2H]. The van der Waals surface area contributed by atoms with Crippen molar-refractivity contribution >= 4 is 17.3 Å². The first-order valence-electron chi connectivity index (χ1n) is 4.41. The van der Waals surface area contributed by atoms with Crippen molar-refractivity contribution in [2.75, 3.05) is 0 Å². The monoisotopic (exact) mass is 160 g/mol. The third kappa shape index (κ3) is 1.05. The molecule has 0 aliphatic heterocycles. The van der Waals surface area contributed by atoms with E-state index in [2.05, 4.69) is 9.97 Å². The smallest absolute Gasteiger partial charge is 0.150 e. The van der Waals surface area contributed by atoms with E-state index in [1.54, 1.807) is 18.2 Å². The molecule has 58 valence electrons. The lowest BCUT2D eigenvalue weighted by molar-refractivity contribution is 0.112. The van der Waals surface area contributed by atoms with Crippen molar-refractivity contribution < 1.29 is 7.54 Å². The van der Waals surface area contributed by atoms with Crippen LogP contribution in [0, 0.1) is 0 Å². The number of rotatable bonds is 1. The number of hydrogen-bond donors (Lipinski definition) is 0. The first-order chi connectivity index (χ1) is 6.70. The Morgan fingerprint density at radius 1 is 1.25 bits per heavy atom. The van der Waals surface area contributed by atoms with E-state index < -0.39 is 0 Å². The molecule has 0 saturated heterocycles. The van der Waals surface area contributed by atoms with Crippen LogP contribution >= 0.6 is 0 Å². The molecule has 1 aromatic carbocycles. The summed E-state index contributed by atoms with van der Waals surface area (Å²) in [5.41, 5.74) is 1.48. The zero-order chi connectivity index (χ0) is 10.1. The van der Waals surface area contributed by atoms with Crippen LogP contribution in [0.2, 0.25) is 0 Å². The number of aromatic nitrogens is 2. The summed E-state index contributed by atoms with van der Waals surface area (Å²) >= 11 is 0. The number of carbonyl (C=O) groups excluding carboxylic acids is 1. The Balaban J connectivity index is 2.76. The normalized spacial score (nSPS) is 12.3. The predicted octanol–water partition coefficient (Wildman–Crippen LogP) is 1.44. The van der Waals surface area contributed by atoms with Crippen molar-refractivity contribution in [1.29, 1.82) is 0 Å². The minimum absolute atomic E-state index is 0.156. The molecule has 3 heteroatoms. The Labute approximate surface area is 71.9 Å². The third-order valence-corrected chi connectivity index (χ3v) is 1.54. The molecule has 1 aromatic heterocycles. The van der Waals surface area contributed by atoms with Crippen molar-refractivity contribution in [2.24, 2.45) is 0 Å². The number of aldehydes is 1. The van der Waals surface area contributed by atoms with Gasteiger partial charge in [-0.1, -0.05) is 0 Å². The molecule has 0 spiro atoms. The molecule has 0 atom stereocenters. The van der Waals surface area contributed by atoms with E-state index in [1.807, 2.05) is 0 Å². The van der Waals surface area contributed by atoms with Gasteiger partial charge in [-0.05, 0) is 18.2 Å². The second-order valence-electron chi connectivity index (χ2n) is 2.31. The lowest BCUT2D eigenvalue weighted by Crippen LogP contribution is -1.84. The molecule has 0 aliphatic rings. The summed E-state index contributed by atoms with van der Waals surface area (Å²) in [5.74, 6) is 0. The highest BCUT2D eigenvalue weighted by atomic mass is 16.1. The molecule has 0 fully saturated rings. The molecule has 0 saturated carbocycles. The highest BCUT2D eigenvalue weighted by Crippen LogP contribution is 2.08. The second-order valence-corrected chi connectivity index (χ2v) is 2.31. The van der Waals surface area contributed by atoms with Crippen LogP contribution < -0.4 is 0 Å². The van der Waals surface area contributed by atoms with Crippen molar-refractivity contribution in [2.45, 2.75) is 0 Å². The number of carbonyl (C=O) groups is 1. The van der Waals surface area contributed by atoms with E-state index in [-0.39, 0.29) is 12.3 Å². The Morgan fingerprint density at radius 2 is 2.00 bits per heavy atom. The van der Waals surface area contributed by atoms with Gasteiger partial charge in [-0.3, -0.25) is 14.8 Å². The van der Waals surface area contributed by atoms with Crippen LogP contribution in [0.1, 0.15) is 13.1 Å². The molecule has 1 heterocycles. The fraction of sp³-hybridized carbons (Fsp3) is 0. The fourth-order valence-electron chi connectivity index (χ4n) is 0.968. The molecule has 0 aliphatic carbocycles. The number of nitrogens with zero attached hydrogens (tertiary/aromatic N) is 2. The Bertz CT molecular complexity index is 513. The maximum Gasteiger partial charge on any atom is 0.150 e. The molecule has 2 aromatic rings. The minimum atomic E-state index is -0.180. The van der Waals surface area contributed by atoms with Crippen LogP contribution in [0.25, 0.3) is 11.0 Å². The highest BCUT2D eigenvalue weighted by molar-refractivity contribution is 5.84. The van der Waals surface area contributed by atoms with Gasteiger partial charge in [-0.2, -0.15) is 0 Å². The van der Waals surface area contributed by atoms with Gasteiger partial charge in [-0.15, -0.1) is 0 Å². The van der Waals surface area contributed by atoms with Crippen LogP contribution in [0.5, 0.6) is 0 Å². The molecule has 12 heavy (non-hydrogen) atoms. The van der Waals surface area contributed by atoms with Gasteiger partial charge < -0.3 is 0 Å². The molecule has 3 nitrogen and oxygen atoms in total. The Hall–Kier alpha value is -1.77. The summed E-state index contributed by atoms with van der Waals surface area (Å²) in [6.45, 7) is 0. The van der Waals surface area contributed by atoms with Gasteiger partial charge in [0, 0.05) is 17.9 Å². The van der Waals surface area contributed by atoms with Gasteiger partial charge in [0.05, 0.1) is 13.8 Å². The summed E-state index contributed by atoms with van der Waals surface area (Å²) in [6, 6.07) is 4.77. The number of benzene rings is 1. The summed E-state index contributed by atoms with van der Waals surface area (Å²) in [7, 11) is 0. The average molecular weight is 160 g/mol. The minimum Gasteiger partial charge on any atom is -0.298 e. The van der Waals surface area contributed by atoms with Crippen molar-refractivity contribution in [1.82, 2.24) is 9.97 Å². The van der Waals surface area contributed by atoms with Crippen molar-refractivity contribution in [3.8, 4) is 0 Å². The van der Waals surface area contributed by atoms with E-state index >= 15 is 0 Å². The van der Waals surface area contributed by atoms with E-state index in [0.717, 1.165) is 0 Å². The summed E-state index contributed by atoms with van der Waals surface area (Å²) in [6.07, 6.45) is 0.371. The first-order valence-corrected chi connectivity index (χ1v) is 3.41. The second kappa shape index (κ2) is 2.70. The van der Waals surface area contributed by atoms with E-state index in [9.17, 15) is 4.79 Å². The van der Waals surface area contributed by atoms with Crippen molar-refractivity contribution in [3.05, 3.63) is 36.1 Å². The van der Waals surface area contributed by atoms with Gasteiger partial charge in [0.2, 0.25) is 0 Å². The van der Waals surface area contributed by atoms with Crippen LogP contribution in [-0.2, 0) is 0 Å². The highest BCUT2D eigenvalue weighted by Gasteiger charge is 1.95. The maximum absolute atomic E-state index is 10.5. The van der Waals surface area contributed by atoms with E-state index in [0.29, 0.717) is 22.9 Å². The fourth-order valence-corrected chi connectivity index (χ4v) is 0.968. The largest absolute Gasteiger partial charge is 0.298 e.